The van der Waals surface area contributed by atoms with Crippen molar-refractivity contribution in [3.8, 4) is 0 Å². The summed E-state index contributed by atoms with van der Waals surface area (Å²) in [7, 11) is 1.71. The third kappa shape index (κ3) is 5.04. The summed E-state index contributed by atoms with van der Waals surface area (Å²) in [5, 5.41) is 11.8. The maximum Gasteiger partial charge on any atom is 0.248 e. The molecule has 1 heterocycles. The first kappa shape index (κ1) is 25.6. The van der Waals surface area contributed by atoms with Gasteiger partial charge in [0.05, 0.1) is 17.5 Å². The van der Waals surface area contributed by atoms with Crippen LogP contribution in [0.25, 0.3) is 0 Å². The molecule has 0 aromatic heterocycles. The Hall–Kier alpha value is -3.52. The lowest BCUT2D eigenvalue weighted by molar-refractivity contribution is -0.127. The van der Waals surface area contributed by atoms with E-state index in [1.165, 1.54) is 27.3 Å². The van der Waals surface area contributed by atoms with Crippen molar-refractivity contribution in [3.05, 3.63) is 69.8 Å². The molecule has 0 bridgehead atoms. The van der Waals surface area contributed by atoms with E-state index < -0.39 is 5.41 Å². The molecule has 0 fully saturated rings. The molecule has 0 spiro atoms. The van der Waals surface area contributed by atoms with Gasteiger partial charge >= 0.3 is 0 Å². The fraction of sp³-hybridized carbons (Fsp3) is 0.429. The van der Waals surface area contributed by atoms with E-state index in [2.05, 4.69) is 47.0 Å². The van der Waals surface area contributed by atoms with Crippen LogP contribution in [0.15, 0.2) is 41.5 Å². The molecule has 4 N–H and O–H groups in total. The molecule has 0 radical (unpaired) electrons. The number of benzene rings is 2. The second kappa shape index (κ2) is 11.0. The number of hydrogen-bond acceptors (Lipinski definition) is 5. The largest absolute Gasteiger partial charge is 0.355 e. The summed E-state index contributed by atoms with van der Waals surface area (Å²) in [6, 6.07) is 12.9. The number of carbonyl (C=O) groups excluding carboxylic acids is 3. The minimum absolute atomic E-state index is 0.0116. The Kier molecular flexibility index (Phi) is 7.84. The molecule has 2 aromatic rings. The van der Waals surface area contributed by atoms with Crippen molar-refractivity contribution < 1.29 is 14.4 Å². The van der Waals surface area contributed by atoms with Gasteiger partial charge in [-0.15, -0.1) is 0 Å². The highest BCUT2D eigenvalue weighted by atomic mass is 16.2. The van der Waals surface area contributed by atoms with E-state index in [0.717, 1.165) is 48.9 Å². The van der Waals surface area contributed by atoms with Crippen LogP contribution < -0.4 is 16.4 Å². The molecule has 0 saturated carbocycles. The third-order valence-corrected chi connectivity index (χ3v) is 7.36. The molecule has 8 nitrogen and oxygen atoms in total. The second-order valence-corrected chi connectivity index (χ2v) is 9.90. The quantitative estimate of drug-likeness (QED) is 0.420. The van der Waals surface area contributed by atoms with Crippen molar-refractivity contribution in [1.82, 2.24) is 15.6 Å². The van der Waals surface area contributed by atoms with Crippen molar-refractivity contribution in [2.45, 2.75) is 70.0 Å². The summed E-state index contributed by atoms with van der Waals surface area (Å²) in [6.45, 7) is 2.95. The Morgan fingerprint density at radius 3 is 2.03 bits per heavy atom. The van der Waals surface area contributed by atoms with Crippen LogP contribution in [0.1, 0.15) is 66.0 Å². The summed E-state index contributed by atoms with van der Waals surface area (Å²) in [4.78, 5) is 34.5. The molecule has 1 atom stereocenters. The van der Waals surface area contributed by atoms with Crippen molar-refractivity contribution in [2.24, 2.45) is 10.8 Å². The van der Waals surface area contributed by atoms with Gasteiger partial charge in [0, 0.05) is 26.2 Å². The number of hydrazone groups is 1. The lowest BCUT2D eigenvalue weighted by atomic mass is 9.65. The van der Waals surface area contributed by atoms with Gasteiger partial charge in [0.25, 0.3) is 0 Å². The van der Waals surface area contributed by atoms with E-state index in [-0.39, 0.29) is 18.4 Å². The predicted octanol–water partition coefficient (Wildman–Crippen LogP) is 2.30. The highest BCUT2D eigenvalue weighted by Crippen LogP contribution is 2.47. The first-order valence-corrected chi connectivity index (χ1v) is 12.6. The minimum atomic E-state index is -0.566. The van der Waals surface area contributed by atoms with Crippen LogP contribution in [0.3, 0.4) is 0 Å². The fourth-order valence-corrected chi connectivity index (χ4v) is 5.67. The number of aryl methyl sites for hydroxylation is 2. The Bertz CT molecular complexity index is 1110. The number of carbonyl (C=O) groups is 3. The van der Waals surface area contributed by atoms with E-state index in [1.807, 2.05) is 6.92 Å². The predicted molar refractivity (Wildman–Crippen MR) is 139 cm³/mol. The average molecular weight is 490 g/mol. The second-order valence-electron chi connectivity index (χ2n) is 9.90. The number of hydrogen-bond donors (Lipinski definition) is 3. The van der Waals surface area contributed by atoms with Gasteiger partial charge in [0.1, 0.15) is 0 Å². The normalized spacial score (nSPS) is 16.9. The molecule has 0 unspecified atom stereocenters. The zero-order chi connectivity index (χ0) is 25.7. The van der Waals surface area contributed by atoms with E-state index >= 15 is 0 Å². The number of rotatable bonds is 11. The first-order chi connectivity index (χ1) is 17.4. The van der Waals surface area contributed by atoms with Gasteiger partial charge < -0.3 is 16.4 Å². The summed E-state index contributed by atoms with van der Waals surface area (Å²) in [5.74, 6) is -0.0116. The molecule has 1 aliphatic heterocycles. The molecule has 190 valence electrons. The van der Waals surface area contributed by atoms with Crippen molar-refractivity contribution in [1.29, 1.82) is 0 Å². The monoisotopic (exact) mass is 489 g/mol. The molecular weight excluding hydrogens is 454 g/mol. The summed E-state index contributed by atoms with van der Waals surface area (Å²) in [6.07, 6.45) is 5.89. The standard InChI is InChI=1S/C28H35N5O3/c1-19(29)4-3-11-28(26-14-27(36)33(2)32-26)24-9-5-20(15-30-17-34)12-22(24)7-8-23-13-21(16-31-18-35)6-10-25(23)28/h5-6,9-10,12-13,17-19H,3-4,7-8,11,14-16,29H2,1-2H3,(H,30,34)(H,31,35)/t19-/m0/s1. The number of nitrogens with zero attached hydrogens (tertiary/aromatic N) is 2. The van der Waals surface area contributed by atoms with Gasteiger partial charge in [0.15, 0.2) is 0 Å². The molecule has 1 aliphatic carbocycles. The minimum Gasteiger partial charge on any atom is -0.355 e. The van der Waals surface area contributed by atoms with E-state index in [9.17, 15) is 14.4 Å². The molecular formula is C28H35N5O3. The Morgan fingerprint density at radius 1 is 1.03 bits per heavy atom. The molecule has 36 heavy (non-hydrogen) atoms. The topological polar surface area (TPSA) is 117 Å². The molecule has 3 amide bonds. The highest BCUT2D eigenvalue weighted by molar-refractivity contribution is 6.12. The van der Waals surface area contributed by atoms with Crippen molar-refractivity contribution >= 4 is 24.4 Å². The van der Waals surface area contributed by atoms with E-state index in [0.29, 0.717) is 25.9 Å². The van der Waals surface area contributed by atoms with Crippen molar-refractivity contribution in [3.63, 3.8) is 0 Å². The lowest BCUT2D eigenvalue weighted by Gasteiger charge is -2.37. The number of fused-ring (bicyclic) bond motifs is 2. The van der Waals surface area contributed by atoms with E-state index in [4.69, 9.17) is 10.8 Å². The van der Waals surface area contributed by atoms with Crippen LogP contribution in [-0.4, -0.2) is 42.5 Å². The molecule has 8 heteroatoms. The summed E-state index contributed by atoms with van der Waals surface area (Å²) in [5.41, 5.74) is 13.2. The zero-order valence-electron chi connectivity index (χ0n) is 21.0. The number of nitrogens with two attached hydrogens (primary N) is 1. The van der Waals surface area contributed by atoms with Crippen LogP contribution in [0.2, 0.25) is 0 Å². The van der Waals surface area contributed by atoms with Gasteiger partial charge in [-0.05, 0) is 66.0 Å². The zero-order valence-corrected chi connectivity index (χ0v) is 21.0. The molecule has 2 aliphatic rings. The third-order valence-electron chi connectivity index (χ3n) is 7.36. The lowest BCUT2D eigenvalue weighted by Crippen LogP contribution is -2.38. The molecule has 4 rings (SSSR count). The highest BCUT2D eigenvalue weighted by Gasteiger charge is 2.46. The maximum atomic E-state index is 12.7. The summed E-state index contributed by atoms with van der Waals surface area (Å²) < 4.78 is 0. The van der Waals surface area contributed by atoms with Crippen LogP contribution >= 0.6 is 0 Å². The van der Waals surface area contributed by atoms with Gasteiger partial charge in [-0.1, -0.05) is 42.8 Å². The van der Waals surface area contributed by atoms with Crippen LogP contribution in [0, 0.1) is 0 Å². The smallest absolute Gasteiger partial charge is 0.248 e. The summed E-state index contributed by atoms with van der Waals surface area (Å²) >= 11 is 0. The number of amides is 3. The average Bonchev–Trinajstić information content (AvgIpc) is 3.14. The molecule has 2 aromatic carbocycles. The molecule has 0 saturated heterocycles. The Morgan fingerprint density at radius 2 is 1.58 bits per heavy atom. The van der Waals surface area contributed by atoms with Crippen LogP contribution in [0.5, 0.6) is 0 Å². The van der Waals surface area contributed by atoms with E-state index in [1.54, 1.807) is 7.05 Å². The SMILES string of the molecule is C[C@H](N)CCCC1(C2=NN(C)C(=O)C2)c2ccc(CNC=O)cc2CCc2cc(CNC=O)ccc21. The van der Waals surface area contributed by atoms with Gasteiger partial charge in [-0.2, -0.15) is 5.10 Å². The Balaban J connectivity index is 1.92. The van der Waals surface area contributed by atoms with Gasteiger partial charge in [-0.25, -0.2) is 5.01 Å². The number of nitrogens with one attached hydrogen (secondary N) is 2. The van der Waals surface area contributed by atoms with Crippen molar-refractivity contribution in [2.75, 3.05) is 7.05 Å². The van der Waals surface area contributed by atoms with Crippen LogP contribution in [-0.2, 0) is 45.7 Å². The van der Waals surface area contributed by atoms with Gasteiger partial charge in [-0.3, -0.25) is 14.4 Å². The maximum absolute atomic E-state index is 12.7. The first-order valence-electron chi connectivity index (χ1n) is 12.6. The Labute approximate surface area is 212 Å². The van der Waals surface area contributed by atoms with Crippen LogP contribution in [0.4, 0.5) is 0 Å². The fourth-order valence-electron chi connectivity index (χ4n) is 5.67. The van der Waals surface area contributed by atoms with Gasteiger partial charge in [0.2, 0.25) is 18.7 Å².